The number of alkyl halides is 1. The van der Waals surface area contributed by atoms with E-state index in [2.05, 4.69) is 69.9 Å². The molecule has 0 amide bonds. The summed E-state index contributed by atoms with van der Waals surface area (Å²) in [5.41, 5.74) is 2.46. The summed E-state index contributed by atoms with van der Waals surface area (Å²) in [5.74, 6) is 0. The van der Waals surface area contributed by atoms with Gasteiger partial charge in [-0.3, -0.25) is 4.99 Å². The third-order valence-electron chi connectivity index (χ3n) is 2.10. The van der Waals surface area contributed by atoms with Crippen LogP contribution in [0.15, 0.2) is 41.5 Å². The Kier molecular flexibility index (Phi) is 2.86. The number of hydrogen-bond acceptors (Lipinski definition) is 2. The van der Waals surface area contributed by atoms with Crippen molar-refractivity contribution in [2.24, 2.45) is 4.99 Å². The summed E-state index contributed by atoms with van der Waals surface area (Å²) < 4.78 is 0.167. The molecule has 1 atom stereocenters. The fraction of sp³-hybridized carbons (Fsp3) is 0.182. The summed E-state index contributed by atoms with van der Waals surface area (Å²) in [6.07, 6.45) is 5.84. The van der Waals surface area contributed by atoms with E-state index < -0.39 is 0 Å². The van der Waals surface area contributed by atoms with Gasteiger partial charge in [-0.25, -0.2) is 0 Å². The molecule has 1 aliphatic heterocycles. The Morgan fingerprint density at radius 2 is 2.00 bits per heavy atom. The van der Waals surface area contributed by atoms with E-state index in [1.807, 2.05) is 12.3 Å². The number of halogens is 1. The molecule has 0 saturated heterocycles. The van der Waals surface area contributed by atoms with Crippen LogP contribution in [0.2, 0.25) is 0 Å². The van der Waals surface area contributed by atoms with Gasteiger partial charge in [-0.1, -0.05) is 17.7 Å². The topological polar surface area (TPSA) is 15.6 Å². The third kappa shape index (κ3) is 1.97. The summed E-state index contributed by atoms with van der Waals surface area (Å²) in [6.45, 7) is 2.09. The smallest absolute Gasteiger partial charge is 0.177 e. The largest absolute Gasteiger partial charge is 0.317 e. The van der Waals surface area contributed by atoms with E-state index in [-0.39, 0.29) is 4.17 Å². The van der Waals surface area contributed by atoms with E-state index >= 15 is 0 Å². The van der Waals surface area contributed by atoms with Gasteiger partial charge in [0.15, 0.2) is 4.17 Å². The molecule has 14 heavy (non-hydrogen) atoms. The van der Waals surface area contributed by atoms with E-state index in [0.29, 0.717) is 0 Å². The molecule has 1 aliphatic rings. The lowest BCUT2D eigenvalue weighted by Crippen LogP contribution is -2.25. The van der Waals surface area contributed by atoms with Crippen LogP contribution in [-0.4, -0.2) is 10.4 Å². The van der Waals surface area contributed by atoms with Gasteiger partial charge < -0.3 is 4.90 Å². The average molecular weight is 298 g/mol. The molecule has 0 bridgehead atoms. The molecule has 72 valence electrons. The molecule has 0 N–H and O–H groups in total. The summed E-state index contributed by atoms with van der Waals surface area (Å²) >= 11 is 2.31. The summed E-state index contributed by atoms with van der Waals surface area (Å²) in [6, 6.07) is 8.47. The number of benzene rings is 1. The molecule has 0 fully saturated rings. The molecule has 2 rings (SSSR count). The predicted molar refractivity (Wildman–Crippen MR) is 69.1 cm³/mol. The van der Waals surface area contributed by atoms with Crippen molar-refractivity contribution in [1.29, 1.82) is 0 Å². The van der Waals surface area contributed by atoms with E-state index in [1.54, 1.807) is 0 Å². The molecule has 1 aromatic rings. The highest BCUT2D eigenvalue weighted by Gasteiger charge is 2.12. The van der Waals surface area contributed by atoms with Crippen LogP contribution in [-0.2, 0) is 0 Å². The number of aliphatic imine (C=N–C) groups is 1. The van der Waals surface area contributed by atoms with Crippen molar-refractivity contribution in [3.8, 4) is 0 Å². The van der Waals surface area contributed by atoms with Crippen molar-refractivity contribution >= 4 is 34.5 Å². The lowest BCUT2D eigenvalue weighted by Gasteiger charge is -2.25. The minimum absolute atomic E-state index is 0.167. The Bertz CT molecular complexity index is 367. The minimum Gasteiger partial charge on any atom is -0.317 e. The van der Waals surface area contributed by atoms with E-state index in [0.717, 1.165) is 0 Å². The first-order valence-corrected chi connectivity index (χ1v) is 5.71. The molecule has 0 aliphatic carbocycles. The van der Waals surface area contributed by atoms with Gasteiger partial charge in [0.1, 0.15) is 0 Å². The minimum atomic E-state index is 0.167. The van der Waals surface area contributed by atoms with Crippen LogP contribution < -0.4 is 4.90 Å². The van der Waals surface area contributed by atoms with Gasteiger partial charge in [-0.05, 0) is 47.7 Å². The van der Waals surface area contributed by atoms with Gasteiger partial charge >= 0.3 is 0 Å². The first kappa shape index (κ1) is 9.71. The van der Waals surface area contributed by atoms with Gasteiger partial charge in [-0.2, -0.15) is 0 Å². The summed E-state index contributed by atoms with van der Waals surface area (Å²) in [7, 11) is 0. The van der Waals surface area contributed by atoms with Crippen LogP contribution in [0.25, 0.3) is 0 Å². The highest BCUT2D eigenvalue weighted by atomic mass is 127. The lowest BCUT2D eigenvalue weighted by atomic mass is 10.2. The molecule has 3 heteroatoms. The van der Waals surface area contributed by atoms with E-state index in [4.69, 9.17) is 0 Å². The van der Waals surface area contributed by atoms with Crippen LogP contribution in [0.3, 0.4) is 0 Å². The van der Waals surface area contributed by atoms with Crippen molar-refractivity contribution in [2.75, 3.05) is 4.90 Å². The van der Waals surface area contributed by atoms with Crippen molar-refractivity contribution < 1.29 is 0 Å². The molecule has 1 unspecified atom stereocenters. The van der Waals surface area contributed by atoms with E-state index in [9.17, 15) is 0 Å². The Morgan fingerprint density at radius 1 is 1.29 bits per heavy atom. The number of aryl methyl sites for hydroxylation is 1. The molecule has 2 nitrogen and oxygen atoms in total. The number of hydrogen-bond donors (Lipinski definition) is 0. The van der Waals surface area contributed by atoms with Crippen LogP contribution in [0.4, 0.5) is 5.69 Å². The van der Waals surface area contributed by atoms with Crippen molar-refractivity contribution in [3.63, 3.8) is 0 Å². The average Bonchev–Trinajstić information content (AvgIpc) is 2.20. The van der Waals surface area contributed by atoms with Gasteiger partial charge in [0.25, 0.3) is 0 Å². The highest BCUT2D eigenvalue weighted by molar-refractivity contribution is 14.1. The second-order valence-corrected chi connectivity index (χ2v) is 4.31. The molecule has 1 aromatic carbocycles. The van der Waals surface area contributed by atoms with Crippen LogP contribution >= 0.6 is 22.6 Å². The number of allylic oxidation sites excluding steroid dienone is 1. The molecule has 0 spiro atoms. The second kappa shape index (κ2) is 4.13. The van der Waals surface area contributed by atoms with Crippen LogP contribution in [0, 0.1) is 6.92 Å². The maximum atomic E-state index is 4.31. The molecule has 1 heterocycles. The fourth-order valence-corrected chi connectivity index (χ4v) is 2.01. The maximum Gasteiger partial charge on any atom is 0.177 e. The third-order valence-corrected chi connectivity index (χ3v) is 3.03. The van der Waals surface area contributed by atoms with Crippen molar-refractivity contribution in [2.45, 2.75) is 11.1 Å². The van der Waals surface area contributed by atoms with Crippen LogP contribution in [0.5, 0.6) is 0 Å². The normalized spacial score (nSPS) is 20.1. The Morgan fingerprint density at radius 3 is 2.64 bits per heavy atom. The zero-order chi connectivity index (χ0) is 9.97. The number of rotatable bonds is 1. The summed E-state index contributed by atoms with van der Waals surface area (Å²) in [4.78, 5) is 6.45. The number of nitrogens with zero attached hydrogens (tertiary/aromatic N) is 2. The zero-order valence-corrected chi connectivity index (χ0v) is 10.0. The van der Waals surface area contributed by atoms with Gasteiger partial charge in [0.05, 0.1) is 0 Å². The van der Waals surface area contributed by atoms with Gasteiger partial charge in [0, 0.05) is 18.1 Å². The molecule has 0 aromatic heterocycles. The van der Waals surface area contributed by atoms with Crippen molar-refractivity contribution in [3.05, 3.63) is 42.1 Å². The van der Waals surface area contributed by atoms with E-state index in [1.165, 1.54) is 11.3 Å². The molecule has 0 radical (unpaired) electrons. The lowest BCUT2D eigenvalue weighted by molar-refractivity contribution is 0.937. The Hall–Kier alpha value is -0.840. The Labute approximate surface area is 97.5 Å². The zero-order valence-electron chi connectivity index (χ0n) is 7.89. The monoisotopic (exact) mass is 298 g/mol. The van der Waals surface area contributed by atoms with Gasteiger partial charge in [-0.15, -0.1) is 0 Å². The fourth-order valence-electron chi connectivity index (χ4n) is 1.32. The predicted octanol–water partition coefficient (Wildman–Crippen LogP) is 3.12. The quantitative estimate of drug-likeness (QED) is 0.442. The number of anilines is 1. The first-order chi connectivity index (χ1) is 6.77. The van der Waals surface area contributed by atoms with Crippen molar-refractivity contribution in [1.82, 2.24) is 0 Å². The SMILES string of the molecule is Cc1ccc(N2C=CC=NC2I)cc1. The second-order valence-electron chi connectivity index (χ2n) is 3.19. The molecular weight excluding hydrogens is 287 g/mol. The van der Waals surface area contributed by atoms with Gasteiger partial charge in [0.2, 0.25) is 0 Å². The molecule has 0 saturated carbocycles. The first-order valence-electron chi connectivity index (χ1n) is 4.46. The van der Waals surface area contributed by atoms with Crippen LogP contribution in [0.1, 0.15) is 5.56 Å². The maximum absolute atomic E-state index is 4.31. The standard InChI is InChI=1S/C11H11IN2/c1-9-3-5-10(6-4-9)14-8-2-7-13-11(14)12/h2-8,11H,1H3. The summed E-state index contributed by atoms with van der Waals surface area (Å²) in [5, 5.41) is 0. The Balaban J connectivity index is 2.27. The highest BCUT2D eigenvalue weighted by Crippen LogP contribution is 2.23. The molecular formula is C11H11IN2.